The monoisotopic (exact) mass is 293 g/mol. The molecule has 1 aliphatic heterocycles. The SMILES string of the molecule is O=NC1CCC2(CC1)OOC1(O2)C2CC3CC(C2)CC1C3. The van der Waals surface area contributed by atoms with Crippen molar-refractivity contribution in [1.82, 2.24) is 0 Å². The van der Waals surface area contributed by atoms with Crippen LogP contribution in [0.5, 0.6) is 0 Å². The lowest BCUT2D eigenvalue weighted by molar-refractivity contribution is -0.390. The van der Waals surface area contributed by atoms with E-state index in [0.717, 1.165) is 37.5 Å². The Labute approximate surface area is 124 Å². The van der Waals surface area contributed by atoms with Gasteiger partial charge in [0.25, 0.3) is 0 Å². The van der Waals surface area contributed by atoms with Gasteiger partial charge in [-0.3, -0.25) is 0 Å². The van der Waals surface area contributed by atoms with Gasteiger partial charge in [0.1, 0.15) is 0 Å². The molecule has 4 bridgehead atoms. The zero-order valence-corrected chi connectivity index (χ0v) is 12.3. The molecule has 6 aliphatic rings. The van der Waals surface area contributed by atoms with E-state index in [9.17, 15) is 4.91 Å². The smallest absolute Gasteiger partial charge is 0.210 e. The number of rotatable bonds is 1. The van der Waals surface area contributed by atoms with E-state index in [1.165, 1.54) is 32.1 Å². The van der Waals surface area contributed by atoms with Gasteiger partial charge in [-0.25, -0.2) is 0 Å². The van der Waals surface area contributed by atoms with Crippen molar-refractivity contribution in [2.45, 2.75) is 75.4 Å². The molecule has 2 spiro atoms. The molecule has 0 N–H and O–H groups in total. The quantitative estimate of drug-likeness (QED) is 0.548. The molecular formula is C16H23NO4. The van der Waals surface area contributed by atoms with E-state index in [0.29, 0.717) is 11.8 Å². The first kappa shape index (κ1) is 13.0. The summed E-state index contributed by atoms with van der Waals surface area (Å²) in [4.78, 5) is 22.4. The maximum Gasteiger partial charge on any atom is 0.210 e. The summed E-state index contributed by atoms with van der Waals surface area (Å²) in [5.74, 6) is 1.71. The Morgan fingerprint density at radius 3 is 2.05 bits per heavy atom. The third kappa shape index (κ3) is 1.74. The van der Waals surface area contributed by atoms with Gasteiger partial charge in [0.05, 0.1) is 6.04 Å². The molecule has 0 aromatic heterocycles. The maximum absolute atomic E-state index is 10.7. The number of nitrogens with zero attached hydrogens (tertiary/aromatic N) is 1. The lowest BCUT2D eigenvalue weighted by Gasteiger charge is -2.57. The second-order valence-electron chi connectivity index (χ2n) is 8.04. The van der Waals surface area contributed by atoms with Crippen LogP contribution in [0.15, 0.2) is 5.18 Å². The minimum Gasteiger partial charge on any atom is -0.312 e. The highest BCUT2D eigenvalue weighted by atomic mass is 17.3. The summed E-state index contributed by atoms with van der Waals surface area (Å²) in [5.41, 5.74) is 0. The molecule has 1 heterocycles. The second kappa shape index (κ2) is 4.27. The van der Waals surface area contributed by atoms with Gasteiger partial charge in [0.2, 0.25) is 11.6 Å². The van der Waals surface area contributed by atoms with Crippen molar-refractivity contribution >= 4 is 0 Å². The Morgan fingerprint density at radius 1 is 0.857 bits per heavy atom. The summed E-state index contributed by atoms with van der Waals surface area (Å²) in [5, 5.41) is 3.18. The van der Waals surface area contributed by atoms with Gasteiger partial charge in [-0.05, 0) is 56.8 Å². The predicted molar refractivity (Wildman–Crippen MR) is 73.8 cm³/mol. The van der Waals surface area contributed by atoms with Crippen LogP contribution in [0.1, 0.15) is 57.8 Å². The van der Waals surface area contributed by atoms with E-state index in [1.807, 2.05) is 0 Å². The van der Waals surface area contributed by atoms with Crippen molar-refractivity contribution in [2.24, 2.45) is 28.8 Å². The Bertz CT molecular complexity index is 429. The van der Waals surface area contributed by atoms with Crippen molar-refractivity contribution in [3.63, 3.8) is 0 Å². The summed E-state index contributed by atoms with van der Waals surface area (Å²) in [6, 6.07) is -0.0714. The molecule has 0 atom stereocenters. The number of ether oxygens (including phenoxy) is 1. The van der Waals surface area contributed by atoms with E-state index in [1.54, 1.807) is 0 Å². The first-order valence-corrected chi connectivity index (χ1v) is 8.61. The van der Waals surface area contributed by atoms with Crippen LogP contribution in [0.25, 0.3) is 0 Å². The van der Waals surface area contributed by atoms with Crippen LogP contribution < -0.4 is 0 Å². The van der Waals surface area contributed by atoms with Crippen LogP contribution in [0.2, 0.25) is 0 Å². The fraction of sp³-hybridized carbons (Fsp3) is 1.00. The van der Waals surface area contributed by atoms with E-state index >= 15 is 0 Å². The van der Waals surface area contributed by atoms with Crippen LogP contribution in [0.4, 0.5) is 0 Å². The van der Waals surface area contributed by atoms with Crippen LogP contribution in [0, 0.1) is 28.6 Å². The predicted octanol–water partition coefficient (Wildman–Crippen LogP) is 3.52. The van der Waals surface area contributed by atoms with Crippen molar-refractivity contribution in [3.8, 4) is 0 Å². The molecular weight excluding hydrogens is 270 g/mol. The van der Waals surface area contributed by atoms with Crippen LogP contribution in [0.3, 0.4) is 0 Å². The summed E-state index contributed by atoms with van der Waals surface area (Å²) in [7, 11) is 0. The highest BCUT2D eigenvalue weighted by Crippen LogP contribution is 2.63. The van der Waals surface area contributed by atoms with Gasteiger partial charge in [-0.2, -0.15) is 14.7 Å². The average Bonchev–Trinajstić information content (AvgIpc) is 2.86. The number of hydrogen-bond acceptors (Lipinski definition) is 5. The first-order chi connectivity index (χ1) is 10.2. The number of nitroso groups, excluding NO2 is 1. The zero-order valence-electron chi connectivity index (χ0n) is 12.3. The Hall–Kier alpha value is -0.520. The molecule has 6 fully saturated rings. The molecule has 5 aliphatic carbocycles. The third-order valence-electron chi connectivity index (χ3n) is 6.81. The Kier molecular flexibility index (Phi) is 2.64. The van der Waals surface area contributed by atoms with Gasteiger partial charge in [-0.1, -0.05) is 5.18 Å². The van der Waals surface area contributed by atoms with Crippen LogP contribution in [-0.4, -0.2) is 17.6 Å². The third-order valence-corrected chi connectivity index (χ3v) is 6.81. The normalized spacial score (nSPS) is 58.2. The molecule has 0 aromatic rings. The molecule has 0 unspecified atom stereocenters. The second-order valence-corrected chi connectivity index (χ2v) is 8.04. The van der Waals surface area contributed by atoms with E-state index in [-0.39, 0.29) is 6.04 Å². The van der Waals surface area contributed by atoms with Crippen molar-refractivity contribution < 1.29 is 14.5 Å². The Balaban J connectivity index is 1.39. The summed E-state index contributed by atoms with van der Waals surface area (Å²) in [6.07, 6.45) is 9.36. The minimum absolute atomic E-state index is 0.0714. The van der Waals surface area contributed by atoms with Crippen molar-refractivity contribution in [1.29, 1.82) is 0 Å². The maximum atomic E-state index is 10.7. The molecule has 5 heteroatoms. The van der Waals surface area contributed by atoms with Crippen LogP contribution >= 0.6 is 0 Å². The highest BCUT2D eigenvalue weighted by molar-refractivity contribution is 5.05. The standard InChI is InChI=1S/C16H23NO4/c18-17-14-1-3-15(4-2-14)19-16(21-20-15)12-6-10-5-11(8-12)9-13(16)7-10/h10-14H,1-9H2. The molecule has 116 valence electrons. The van der Waals surface area contributed by atoms with Gasteiger partial charge in [0.15, 0.2) is 0 Å². The Morgan fingerprint density at radius 2 is 1.48 bits per heavy atom. The van der Waals surface area contributed by atoms with Gasteiger partial charge >= 0.3 is 0 Å². The van der Waals surface area contributed by atoms with Crippen molar-refractivity contribution in [3.05, 3.63) is 4.91 Å². The zero-order chi connectivity index (χ0) is 14.1. The molecule has 1 saturated heterocycles. The molecule has 5 saturated carbocycles. The summed E-state index contributed by atoms with van der Waals surface area (Å²) >= 11 is 0. The fourth-order valence-electron chi connectivity index (χ4n) is 5.94. The summed E-state index contributed by atoms with van der Waals surface area (Å²) < 4.78 is 6.56. The topological polar surface area (TPSA) is 57.1 Å². The lowest BCUT2D eigenvalue weighted by atomic mass is 9.53. The summed E-state index contributed by atoms with van der Waals surface area (Å²) in [6.45, 7) is 0. The van der Waals surface area contributed by atoms with Gasteiger partial charge in [0, 0.05) is 24.7 Å². The molecule has 6 rings (SSSR count). The number of hydrogen-bond donors (Lipinski definition) is 0. The molecule has 0 aromatic carbocycles. The molecule has 21 heavy (non-hydrogen) atoms. The van der Waals surface area contributed by atoms with E-state index < -0.39 is 11.6 Å². The largest absolute Gasteiger partial charge is 0.312 e. The van der Waals surface area contributed by atoms with E-state index in [2.05, 4.69) is 5.18 Å². The van der Waals surface area contributed by atoms with Crippen LogP contribution in [-0.2, 0) is 14.5 Å². The minimum atomic E-state index is -0.601. The first-order valence-electron chi connectivity index (χ1n) is 8.61. The molecule has 5 nitrogen and oxygen atoms in total. The molecule has 0 amide bonds. The fourth-order valence-corrected chi connectivity index (χ4v) is 5.94. The average molecular weight is 293 g/mol. The van der Waals surface area contributed by atoms with Gasteiger partial charge < -0.3 is 4.74 Å². The van der Waals surface area contributed by atoms with Crippen molar-refractivity contribution in [2.75, 3.05) is 0 Å². The molecule has 0 radical (unpaired) electrons. The lowest BCUT2D eigenvalue weighted by Crippen LogP contribution is -2.59. The highest BCUT2D eigenvalue weighted by Gasteiger charge is 2.66. The van der Waals surface area contributed by atoms with E-state index in [4.69, 9.17) is 14.5 Å². The van der Waals surface area contributed by atoms with Gasteiger partial charge in [-0.15, -0.1) is 0 Å².